The lowest BCUT2D eigenvalue weighted by atomic mass is 10.1. The van der Waals surface area contributed by atoms with Gasteiger partial charge in [0.1, 0.15) is 5.78 Å². The molecule has 3 heteroatoms. The minimum atomic E-state index is 0.139. The van der Waals surface area contributed by atoms with Crippen LogP contribution in [0.25, 0.3) is 0 Å². The van der Waals surface area contributed by atoms with E-state index in [1.807, 2.05) is 27.7 Å². The Morgan fingerprint density at radius 2 is 1.38 bits per heavy atom. The Hall–Kier alpha value is -0.630. The maximum absolute atomic E-state index is 10.5. The SMILES string of the molecule is C=CC(=O)CC(C)C.CC(C)CC(=O)CCl.CC(C)CC1CC1.CCCC(C)C. The van der Waals surface area contributed by atoms with E-state index in [-0.39, 0.29) is 17.4 Å². The van der Waals surface area contributed by atoms with Crippen LogP contribution in [-0.2, 0) is 9.59 Å². The molecule has 2 nitrogen and oxygen atoms in total. The topological polar surface area (TPSA) is 34.1 Å². The fourth-order valence-electron chi connectivity index (χ4n) is 2.59. The summed E-state index contributed by atoms with van der Waals surface area (Å²) in [6.07, 6.45) is 9.82. The molecule has 0 aliphatic heterocycles. The number of hydrogen-bond donors (Lipinski definition) is 0. The van der Waals surface area contributed by atoms with Crippen LogP contribution in [0.15, 0.2) is 12.7 Å². The molecule has 0 saturated heterocycles. The van der Waals surface area contributed by atoms with Crippen molar-refractivity contribution in [1.82, 2.24) is 0 Å². The molecular weight excluding hydrogens is 380 g/mol. The number of allylic oxidation sites excluding steroid dienone is 1. The molecule has 0 aromatic heterocycles. The second-order valence-electron chi connectivity index (χ2n) is 9.79. The summed E-state index contributed by atoms with van der Waals surface area (Å²) in [5, 5.41) is 0. The van der Waals surface area contributed by atoms with Crippen molar-refractivity contribution in [3.05, 3.63) is 12.7 Å². The highest BCUT2D eigenvalue weighted by Crippen LogP contribution is 2.34. The van der Waals surface area contributed by atoms with Crippen molar-refractivity contribution in [2.24, 2.45) is 29.6 Å². The highest BCUT2D eigenvalue weighted by Gasteiger charge is 2.21. The summed E-state index contributed by atoms with van der Waals surface area (Å²) in [4.78, 5) is 21.0. The first-order valence-electron chi connectivity index (χ1n) is 11.6. The third-order valence-corrected chi connectivity index (χ3v) is 4.29. The van der Waals surface area contributed by atoms with E-state index >= 15 is 0 Å². The molecule has 1 aliphatic carbocycles. The van der Waals surface area contributed by atoms with Crippen LogP contribution in [-0.4, -0.2) is 17.4 Å². The number of alkyl halides is 1. The van der Waals surface area contributed by atoms with Crippen LogP contribution in [0.4, 0.5) is 0 Å². The normalized spacial score (nSPS) is 12.5. The van der Waals surface area contributed by atoms with Crippen LogP contribution in [0, 0.1) is 29.6 Å². The van der Waals surface area contributed by atoms with Gasteiger partial charge in [0.15, 0.2) is 5.78 Å². The molecule has 0 aromatic carbocycles. The van der Waals surface area contributed by atoms with Gasteiger partial charge in [0, 0.05) is 12.8 Å². The van der Waals surface area contributed by atoms with Gasteiger partial charge in [0.05, 0.1) is 5.88 Å². The summed E-state index contributed by atoms with van der Waals surface area (Å²) in [7, 11) is 0. The smallest absolute Gasteiger partial charge is 0.155 e. The highest BCUT2D eigenvalue weighted by molar-refractivity contribution is 6.27. The van der Waals surface area contributed by atoms with E-state index in [4.69, 9.17) is 11.6 Å². The van der Waals surface area contributed by atoms with E-state index in [0.717, 1.165) is 17.8 Å². The molecule has 1 rings (SSSR count). The molecule has 0 atom stereocenters. The first-order chi connectivity index (χ1) is 13.4. The number of ketones is 2. The molecule has 1 saturated carbocycles. The van der Waals surface area contributed by atoms with Crippen LogP contribution >= 0.6 is 11.6 Å². The third-order valence-electron chi connectivity index (χ3n) is 3.99. The van der Waals surface area contributed by atoms with Gasteiger partial charge in [0.2, 0.25) is 0 Å². The van der Waals surface area contributed by atoms with Gasteiger partial charge in [-0.25, -0.2) is 0 Å². The largest absolute Gasteiger partial charge is 0.298 e. The number of Topliss-reactive ketones (excluding diaryl/α,β-unsaturated/α-hetero) is 1. The van der Waals surface area contributed by atoms with Gasteiger partial charge < -0.3 is 0 Å². The quantitative estimate of drug-likeness (QED) is 0.257. The summed E-state index contributed by atoms with van der Waals surface area (Å²) in [6.45, 7) is 22.7. The standard InChI is InChI=1S/C7H12O.C7H14.C6H11ClO.C6H14/c1-4-7(8)5-6(2)3;1-6(2)5-7-3-4-7;1-5(2)3-6(8)4-7;1-4-5-6(2)3/h4,6H,1,5H2,2-3H3;6-7H,3-5H2,1-2H3;5H,3-4H2,1-2H3;6H,4-5H2,1-3H3. The zero-order chi connectivity index (χ0) is 23.4. The van der Waals surface area contributed by atoms with E-state index in [1.54, 1.807) is 0 Å². The van der Waals surface area contributed by atoms with Gasteiger partial charge in [-0.05, 0) is 42.1 Å². The maximum Gasteiger partial charge on any atom is 0.155 e. The lowest BCUT2D eigenvalue weighted by Crippen LogP contribution is -2.02. The Balaban J connectivity index is -0.000000313. The summed E-state index contributed by atoms with van der Waals surface area (Å²) in [5.41, 5.74) is 0. The van der Waals surface area contributed by atoms with Gasteiger partial charge in [0.25, 0.3) is 0 Å². The van der Waals surface area contributed by atoms with Crippen molar-refractivity contribution in [1.29, 1.82) is 0 Å². The molecule has 1 fully saturated rings. The number of halogens is 1. The molecule has 0 radical (unpaired) electrons. The molecule has 0 heterocycles. The average molecular weight is 431 g/mol. The lowest BCUT2D eigenvalue weighted by Gasteiger charge is -1.98. The third kappa shape index (κ3) is 38.6. The Morgan fingerprint density at radius 1 is 0.897 bits per heavy atom. The van der Waals surface area contributed by atoms with Crippen molar-refractivity contribution < 1.29 is 9.59 Å². The first-order valence-corrected chi connectivity index (χ1v) is 12.2. The van der Waals surface area contributed by atoms with Gasteiger partial charge in [-0.1, -0.05) is 94.6 Å². The Kier molecular flexibility index (Phi) is 25.1. The summed E-state index contributed by atoms with van der Waals surface area (Å²) in [6, 6.07) is 0. The zero-order valence-corrected chi connectivity index (χ0v) is 21.8. The fraction of sp³-hybridized carbons (Fsp3) is 0.846. The molecule has 29 heavy (non-hydrogen) atoms. The van der Waals surface area contributed by atoms with E-state index in [9.17, 15) is 9.59 Å². The van der Waals surface area contributed by atoms with Gasteiger partial charge in [-0.15, -0.1) is 11.6 Å². The number of carbonyl (C=O) groups is 2. The van der Waals surface area contributed by atoms with Crippen LogP contribution in [0.3, 0.4) is 0 Å². The fourth-order valence-corrected chi connectivity index (χ4v) is 2.70. The second-order valence-corrected chi connectivity index (χ2v) is 10.1. The van der Waals surface area contributed by atoms with Crippen LogP contribution in [0.1, 0.15) is 107 Å². The van der Waals surface area contributed by atoms with Crippen LogP contribution in [0.2, 0.25) is 0 Å². The summed E-state index contributed by atoms with van der Waals surface area (Å²) < 4.78 is 0. The monoisotopic (exact) mass is 430 g/mol. The van der Waals surface area contributed by atoms with Crippen molar-refractivity contribution in [2.75, 3.05) is 5.88 Å². The zero-order valence-electron chi connectivity index (χ0n) is 21.0. The molecule has 0 unspecified atom stereocenters. The predicted octanol–water partition coefficient (Wildman–Crippen LogP) is 8.51. The predicted molar refractivity (Wildman–Crippen MR) is 132 cm³/mol. The van der Waals surface area contributed by atoms with Crippen LogP contribution in [0.5, 0.6) is 0 Å². The van der Waals surface area contributed by atoms with E-state index < -0.39 is 0 Å². The van der Waals surface area contributed by atoms with Gasteiger partial charge in [-0.3, -0.25) is 9.59 Å². The molecular formula is C26H51ClO2. The molecule has 0 N–H and O–H groups in total. The maximum atomic E-state index is 10.5. The first kappa shape index (κ1) is 33.0. The number of rotatable bonds is 10. The van der Waals surface area contributed by atoms with E-state index in [0.29, 0.717) is 24.7 Å². The number of hydrogen-bond acceptors (Lipinski definition) is 2. The van der Waals surface area contributed by atoms with Gasteiger partial charge in [-0.2, -0.15) is 0 Å². The van der Waals surface area contributed by atoms with Gasteiger partial charge >= 0.3 is 0 Å². The minimum Gasteiger partial charge on any atom is -0.298 e. The van der Waals surface area contributed by atoms with E-state index in [1.165, 1.54) is 38.2 Å². The summed E-state index contributed by atoms with van der Waals surface area (Å²) in [5.74, 6) is 4.31. The number of carbonyl (C=O) groups excluding carboxylic acids is 2. The molecule has 174 valence electrons. The minimum absolute atomic E-state index is 0.139. The Bertz CT molecular complexity index is 394. The van der Waals surface area contributed by atoms with Crippen molar-refractivity contribution in [2.45, 2.75) is 107 Å². The Labute approximate surface area is 188 Å². The van der Waals surface area contributed by atoms with Crippen molar-refractivity contribution >= 4 is 23.2 Å². The molecule has 0 amide bonds. The molecule has 0 aromatic rings. The summed E-state index contributed by atoms with van der Waals surface area (Å²) >= 11 is 5.25. The molecule has 0 spiro atoms. The van der Waals surface area contributed by atoms with E-state index in [2.05, 4.69) is 41.2 Å². The average Bonchev–Trinajstić information content (AvgIpc) is 3.38. The lowest BCUT2D eigenvalue weighted by molar-refractivity contribution is -0.117. The van der Waals surface area contributed by atoms with Crippen molar-refractivity contribution in [3.8, 4) is 0 Å². The second kappa shape index (κ2) is 22.1. The van der Waals surface area contributed by atoms with Crippen LogP contribution < -0.4 is 0 Å². The highest BCUT2D eigenvalue weighted by atomic mass is 35.5. The molecule has 1 aliphatic rings. The van der Waals surface area contributed by atoms with Crippen molar-refractivity contribution in [3.63, 3.8) is 0 Å². The Morgan fingerprint density at radius 3 is 1.48 bits per heavy atom. The molecule has 0 bridgehead atoms.